The fraction of sp³-hybridized carbons (Fsp3) is 0.692. The highest BCUT2D eigenvalue weighted by atomic mass is 35.5. The van der Waals surface area contributed by atoms with E-state index < -0.39 is 0 Å². The lowest BCUT2D eigenvalue weighted by atomic mass is 10.1. The molecular weight excluding hydrogens is 287 g/mol. The van der Waals surface area contributed by atoms with Crippen molar-refractivity contribution in [2.24, 2.45) is 0 Å². The summed E-state index contributed by atoms with van der Waals surface area (Å²) in [5, 5.41) is 3.68. The summed E-state index contributed by atoms with van der Waals surface area (Å²) in [6.07, 6.45) is 4.04. The van der Waals surface area contributed by atoms with Crippen molar-refractivity contribution >= 4 is 34.5 Å². The van der Waals surface area contributed by atoms with Crippen LogP contribution in [-0.2, 0) is 0 Å². The number of thiophene rings is 1. The van der Waals surface area contributed by atoms with E-state index in [4.69, 9.17) is 23.2 Å². The highest BCUT2D eigenvalue weighted by molar-refractivity contribution is 7.20. The van der Waals surface area contributed by atoms with Crippen LogP contribution in [0.4, 0.5) is 0 Å². The normalized spacial score (nSPS) is 26.7. The summed E-state index contributed by atoms with van der Waals surface area (Å²) in [6.45, 7) is 4.60. The molecule has 1 saturated carbocycles. The second-order valence-corrected chi connectivity index (χ2v) is 7.67. The summed E-state index contributed by atoms with van der Waals surface area (Å²) in [6, 6.07) is 3.74. The molecule has 0 bridgehead atoms. The minimum absolute atomic E-state index is 0.283. The molecule has 2 unspecified atom stereocenters. The average molecular weight is 305 g/mol. The zero-order valence-electron chi connectivity index (χ0n) is 10.5. The number of hydrogen-bond donors (Lipinski definition) is 1. The van der Waals surface area contributed by atoms with Gasteiger partial charge in [-0.05, 0) is 37.8 Å². The summed E-state index contributed by atoms with van der Waals surface area (Å²) in [7, 11) is 0. The highest BCUT2D eigenvalue weighted by Gasteiger charge is 2.34. The summed E-state index contributed by atoms with van der Waals surface area (Å²) in [5.41, 5.74) is 1.14. The molecule has 2 atom stereocenters. The number of nitrogens with zero attached hydrogens (tertiary/aromatic N) is 1. The van der Waals surface area contributed by atoms with Crippen LogP contribution in [0.15, 0.2) is 6.07 Å². The van der Waals surface area contributed by atoms with Crippen LogP contribution in [0.3, 0.4) is 0 Å². The Morgan fingerprint density at radius 2 is 2.17 bits per heavy atom. The van der Waals surface area contributed by atoms with Gasteiger partial charge in [-0.25, -0.2) is 0 Å². The van der Waals surface area contributed by atoms with Crippen LogP contribution in [0.1, 0.15) is 37.8 Å². The first-order valence-corrected chi connectivity index (χ1v) is 8.15. The molecule has 1 saturated heterocycles. The Morgan fingerprint density at radius 1 is 1.39 bits per heavy atom. The molecule has 5 heteroatoms. The Morgan fingerprint density at radius 3 is 2.78 bits per heavy atom. The Hall–Kier alpha value is 0.200. The van der Waals surface area contributed by atoms with E-state index in [0.29, 0.717) is 6.04 Å². The summed E-state index contributed by atoms with van der Waals surface area (Å²) >= 11 is 13.6. The molecule has 0 spiro atoms. The largest absolute Gasteiger partial charge is 0.306 e. The van der Waals surface area contributed by atoms with Crippen molar-refractivity contribution in [2.45, 2.75) is 44.3 Å². The molecule has 18 heavy (non-hydrogen) atoms. The molecule has 1 aliphatic carbocycles. The van der Waals surface area contributed by atoms with E-state index in [0.717, 1.165) is 20.3 Å². The molecule has 2 aliphatic rings. The topological polar surface area (TPSA) is 15.3 Å². The maximum absolute atomic E-state index is 6.20. The average Bonchev–Trinajstić information content (AvgIpc) is 2.97. The smallest absolute Gasteiger partial charge is 0.0991 e. The molecule has 0 amide bonds. The third-order valence-electron chi connectivity index (χ3n) is 3.92. The molecular formula is C13H18Cl2N2S. The predicted octanol–water partition coefficient (Wildman–Crippen LogP) is 3.94. The summed E-state index contributed by atoms with van der Waals surface area (Å²) in [5.74, 6) is 0. The van der Waals surface area contributed by atoms with Crippen LogP contribution < -0.4 is 5.32 Å². The summed E-state index contributed by atoms with van der Waals surface area (Å²) < 4.78 is 1.59. The summed E-state index contributed by atoms with van der Waals surface area (Å²) in [4.78, 5) is 2.62. The monoisotopic (exact) mass is 304 g/mol. The van der Waals surface area contributed by atoms with Crippen molar-refractivity contribution in [1.29, 1.82) is 0 Å². The van der Waals surface area contributed by atoms with Crippen molar-refractivity contribution in [3.8, 4) is 0 Å². The van der Waals surface area contributed by atoms with Gasteiger partial charge in [0.05, 0.1) is 8.67 Å². The molecule has 0 radical (unpaired) electrons. The lowest BCUT2D eigenvalue weighted by molar-refractivity contribution is 0.314. The first kappa shape index (κ1) is 13.2. The zero-order valence-corrected chi connectivity index (χ0v) is 12.8. The van der Waals surface area contributed by atoms with Gasteiger partial charge >= 0.3 is 0 Å². The van der Waals surface area contributed by atoms with Crippen molar-refractivity contribution in [2.75, 3.05) is 13.1 Å². The lowest BCUT2D eigenvalue weighted by Gasteiger charge is -2.20. The molecule has 1 aliphatic heterocycles. The standard InChI is InChI=1S/C13H18Cl2N2S/c1-8(11-6-12(14)18-13(11)15)16-9-4-5-17(7-9)10-2-3-10/h6,8-10,16H,2-5,7H2,1H3. The first-order valence-electron chi connectivity index (χ1n) is 6.58. The maximum Gasteiger partial charge on any atom is 0.0991 e. The van der Waals surface area contributed by atoms with E-state index in [1.54, 1.807) is 0 Å². The van der Waals surface area contributed by atoms with Crippen LogP contribution in [-0.4, -0.2) is 30.1 Å². The Kier molecular flexibility index (Phi) is 3.88. The molecule has 1 aromatic heterocycles. The third kappa shape index (κ3) is 2.86. The predicted molar refractivity (Wildman–Crippen MR) is 78.9 cm³/mol. The van der Waals surface area contributed by atoms with Gasteiger partial charge in [0.1, 0.15) is 0 Å². The Labute approximate surface area is 122 Å². The fourth-order valence-corrected chi connectivity index (χ4v) is 4.43. The van der Waals surface area contributed by atoms with Crippen molar-refractivity contribution < 1.29 is 0 Å². The number of likely N-dealkylation sites (tertiary alicyclic amines) is 1. The molecule has 100 valence electrons. The van der Waals surface area contributed by atoms with Gasteiger partial charge in [0.2, 0.25) is 0 Å². The van der Waals surface area contributed by atoms with E-state index in [2.05, 4.69) is 17.1 Å². The molecule has 1 N–H and O–H groups in total. The van der Waals surface area contributed by atoms with E-state index in [-0.39, 0.29) is 6.04 Å². The molecule has 3 rings (SSSR count). The van der Waals surface area contributed by atoms with Gasteiger partial charge in [0, 0.05) is 31.2 Å². The molecule has 0 aromatic carbocycles. The van der Waals surface area contributed by atoms with Crippen molar-refractivity contribution in [1.82, 2.24) is 10.2 Å². The van der Waals surface area contributed by atoms with Crippen molar-refractivity contribution in [3.05, 3.63) is 20.3 Å². The number of rotatable bonds is 4. The Bertz CT molecular complexity index is 431. The minimum atomic E-state index is 0.283. The number of hydrogen-bond acceptors (Lipinski definition) is 3. The Balaban J connectivity index is 1.57. The SMILES string of the molecule is CC(NC1CCN(C2CC2)C1)c1cc(Cl)sc1Cl. The maximum atomic E-state index is 6.20. The molecule has 1 aromatic rings. The number of nitrogens with one attached hydrogen (secondary N) is 1. The van der Waals surface area contributed by atoms with Gasteiger partial charge in [-0.1, -0.05) is 23.2 Å². The van der Waals surface area contributed by atoms with E-state index in [9.17, 15) is 0 Å². The van der Waals surface area contributed by atoms with Gasteiger partial charge in [-0.2, -0.15) is 0 Å². The van der Waals surface area contributed by atoms with Crippen LogP contribution in [0.5, 0.6) is 0 Å². The lowest BCUT2D eigenvalue weighted by Crippen LogP contribution is -2.34. The van der Waals surface area contributed by atoms with Gasteiger partial charge in [0.15, 0.2) is 0 Å². The minimum Gasteiger partial charge on any atom is -0.306 e. The molecule has 2 fully saturated rings. The van der Waals surface area contributed by atoms with Crippen molar-refractivity contribution in [3.63, 3.8) is 0 Å². The quantitative estimate of drug-likeness (QED) is 0.906. The van der Waals surface area contributed by atoms with E-state index >= 15 is 0 Å². The van der Waals surface area contributed by atoms with Crippen LogP contribution >= 0.6 is 34.5 Å². The zero-order chi connectivity index (χ0) is 12.7. The first-order chi connectivity index (χ1) is 8.63. The van der Waals surface area contributed by atoms with Gasteiger partial charge in [-0.3, -0.25) is 4.90 Å². The second-order valence-electron chi connectivity index (χ2n) is 5.38. The molecule has 2 heterocycles. The van der Waals surface area contributed by atoms with E-state index in [1.807, 2.05) is 6.07 Å². The molecule has 2 nitrogen and oxygen atoms in total. The van der Waals surface area contributed by atoms with Crippen LogP contribution in [0.25, 0.3) is 0 Å². The van der Waals surface area contributed by atoms with E-state index in [1.165, 1.54) is 43.7 Å². The van der Waals surface area contributed by atoms with Crippen LogP contribution in [0, 0.1) is 0 Å². The second kappa shape index (κ2) is 5.29. The third-order valence-corrected chi connectivity index (χ3v) is 5.44. The highest BCUT2D eigenvalue weighted by Crippen LogP contribution is 2.36. The number of halogens is 2. The fourth-order valence-electron chi connectivity index (χ4n) is 2.79. The van der Waals surface area contributed by atoms with Gasteiger partial charge < -0.3 is 5.32 Å². The van der Waals surface area contributed by atoms with Crippen LogP contribution in [0.2, 0.25) is 8.67 Å². The van der Waals surface area contributed by atoms with Gasteiger partial charge in [-0.15, -0.1) is 11.3 Å². The van der Waals surface area contributed by atoms with Gasteiger partial charge in [0.25, 0.3) is 0 Å².